The topological polar surface area (TPSA) is 89.4 Å². The van der Waals surface area contributed by atoms with Crippen molar-refractivity contribution < 1.29 is 14.3 Å². The Bertz CT molecular complexity index is 913. The molecule has 1 saturated heterocycles. The summed E-state index contributed by atoms with van der Waals surface area (Å²) < 4.78 is 7.56. The van der Waals surface area contributed by atoms with Gasteiger partial charge in [-0.05, 0) is 42.9 Å². The Balaban J connectivity index is 1.41. The van der Waals surface area contributed by atoms with Gasteiger partial charge in [-0.25, -0.2) is 4.68 Å². The van der Waals surface area contributed by atoms with Crippen molar-refractivity contribution >= 4 is 11.8 Å². The number of ether oxygens (including phenoxy) is 1. The van der Waals surface area contributed by atoms with Gasteiger partial charge in [0, 0.05) is 43.7 Å². The molecule has 1 aromatic carbocycles. The van der Waals surface area contributed by atoms with E-state index in [1.54, 1.807) is 4.68 Å². The smallest absolute Gasteiger partial charge is 0.254 e. The molecule has 1 aliphatic carbocycles. The largest absolute Gasteiger partial charge is 0.492 e. The Morgan fingerprint density at radius 2 is 1.93 bits per heavy atom. The maximum atomic E-state index is 13.1. The molecule has 0 spiro atoms. The lowest BCUT2D eigenvalue weighted by molar-refractivity contribution is -0.122. The van der Waals surface area contributed by atoms with E-state index in [0.717, 1.165) is 18.5 Å². The molecule has 8 heteroatoms. The van der Waals surface area contributed by atoms with Gasteiger partial charge in [0.25, 0.3) is 5.91 Å². The van der Waals surface area contributed by atoms with Crippen LogP contribution in [0, 0.1) is 11.8 Å². The van der Waals surface area contributed by atoms with Gasteiger partial charge in [-0.2, -0.15) is 0 Å². The number of rotatable bonds is 0. The van der Waals surface area contributed by atoms with Crippen molar-refractivity contribution in [1.29, 1.82) is 0 Å². The molecule has 2 fully saturated rings. The number of hydrogen-bond donors (Lipinski definition) is 1. The van der Waals surface area contributed by atoms with Crippen molar-refractivity contribution in [2.45, 2.75) is 38.3 Å². The summed E-state index contributed by atoms with van der Waals surface area (Å²) in [6.45, 7) is 2.37. The van der Waals surface area contributed by atoms with Gasteiger partial charge in [-0.1, -0.05) is 11.3 Å². The zero-order valence-corrected chi connectivity index (χ0v) is 16.3. The van der Waals surface area contributed by atoms with Crippen LogP contribution in [0.5, 0.6) is 5.75 Å². The Hall–Kier alpha value is -2.90. The zero-order valence-electron chi connectivity index (χ0n) is 16.3. The van der Waals surface area contributed by atoms with Crippen LogP contribution in [0.2, 0.25) is 0 Å². The van der Waals surface area contributed by atoms with Gasteiger partial charge in [-0.3, -0.25) is 9.59 Å². The molecule has 3 atom stereocenters. The van der Waals surface area contributed by atoms with Crippen LogP contribution in [0.4, 0.5) is 0 Å². The number of nitrogens with zero attached hydrogens (tertiary/aromatic N) is 4. The molecule has 6 rings (SSSR count). The van der Waals surface area contributed by atoms with E-state index in [2.05, 4.69) is 15.6 Å². The highest BCUT2D eigenvalue weighted by atomic mass is 16.5. The highest BCUT2D eigenvalue weighted by Gasteiger charge is 2.44. The molecule has 4 aliphatic rings. The third kappa shape index (κ3) is 3.71. The van der Waals surface area contributed by atoms with Crippen molar-refractivity contribution in [3.05, 3.63) is 41.7 Å². The van der Waals surface area contributed by atoms with Crippen LogP contribution in [0.15, 0.2) is 30.5 Å². The Labute approximate surface area is 169 Å². The van der Waals surface area contributed by atoms with Crippen LogP contribution in [-0.2, 0) is 17.8 Å². The lowest BCUT2D eigenvalue weighted by Gasteiger charge is -2.38. The molecule has 2 amide bonds. The first-order valence-electron chi connectivity index (χ1n) is 10.4. The first-order valence-corrected chi connectivity index (χ1v) is 10.4. The molecule has 152 valence electrons. The monoisotopic (exact) mass is 395 g/mol. The summed E-state index contributed by atoms with van der Waals surface area (Å²) in [4.78, 5) is 27.5. The van der Waals surface area contributed by atoms with E-state index in [4.69, 9.17) is 4.74 Å². The van der Waals surface area contributed by atoms with E-state index in [0.29, 0.717) is 62.2 Å². The van der Waals surface area contributed by atoms with Crippen molar-refractivity contribution in [2.24, 2.45) is 11.8 Å². The maximum absolute atomic E-state index is 13.1. The minimum Gasteiger partial charge on any atom is -0.492 e. The third-order valence-electron chi connectivity index (χ3n) is 6.31. The van der Waals surface area contributed by atoms with Crippen LogP contribution in [-0.4, -0.2) is 57.4 Å². The minimum absolute atomic E-state index is 0.0409. The van der Waals surface area contributed by atoms with Gasteiger partial charge in [0.05, 0.1) is 12.2 Å². The lowest BCUT2D eigenvalue weighted by atomic mass is 9.91. The van der Waals surface area contributed by atoms with Gasteiger partial charge in [0.2, 0.25) is 5.91 Å². The van der Waals surface area contributed by atoms with Crippen molar-refractivity contribution in [2.75, 3.05) is 19.7 Å². The average Bonchev–Trinajstić information content (AvgIpc) is 3.26. The number of amides is 2. The maximum Gasteiger partial charge on any atom is 0.254 e. The number of nitrogens with one attached hydrogen (secondary N) is 1. The second-order valence-corrected chi connectivity index (χ2v) is 8.25. The molecule has 4 heterocycles. The minimum atomic E-state index is 0.0409. The van der Waals surface area contributed by atoms with E-state index in [-0.39, 0.29) is 17.9 Å². The normalized spacial score (nSPS) is 27.2. The molecule has 1 aromatic heterocycles. The lowest BCUT2D eigenvalue weighted by Crippen LogP contribution is -2.54. The quantitative estimate of drug-likeness (QED) is 0.726. The van der Waals surface area contributed by atoms with Crippen LogP contribution in [0.3, 0.4) is 0 Å². The van der Waals surface area contributed by atoms with Crippen molar-refractivity contribution in [1.82, 2.24) is 25.2 Å². The number of aryl methyl sites for hydroxylation is 1. The highest BCUT2D eigenvalue weighted by Crippen LogP contribution is 2.37. The first-order chi connectivity index (χ1) is 14.2. The number of piperidine rings is 1. The van der Waals surface area contributed by atoms with Gasteiger partial charge >= 0.3 is 0 Å². The Morgan fingerprint density at radius 1 is 1.10 bits per heavy atom. The third-order valence-corrected chi connectivity index (χ3v) is 6.31. The van der Waals surface area contributed by atoms with Gasteiger partial charge in [0.1, 0.15) is 12.4 Å². The van der Waals surface area contributed by atoms with Gasteiger partial charge in [-0.15, -0.1) is 5.10 Å². The van der Waals surface area contributed by atoms with Crippen LogP contribution >= 0.6 is 0 Å². The first kappa shape index (κ1) is 18.1. The molecule has 1 saturated carbocycles. The van der Waals surface area contributed by atoms with Crippen molar-refractivity contribution in [3.8, 4) is 5.75 Å². The second kappa shape index (κ2) is 7.50. The summed E-state index contributed by atoms with van der Waals surface area (Å²) in [6, 6.07) is 7.54. The molecule has 2 aromatic rings. The summed E-state index contributed by atoms with van der Waals surface area (Å²) in [5.41, 5.74) is 1.46. The zero-order chi connectivity index (χ0) is 19.8. The van der Waals surface area contributed by atoms with E-state index in [1.807, 2.05) is 35.4 Å². The second-order valence-electron chi connectivity index (χ2n) is 8.25. The number of benzene rings is 1. The molecular formula is C21H25N5O3. The predicted octanol–water partition coefficient (Wildman–Crippen LogP) is 1.27. The number of carbonyl (C=O) groups is 2. The van der Waals surface area contributed by atoms with E-state index in [9.17, 15) is 9.59 Å². The molecular weight excluding hydrogens is 370 g/mol. The molecule has 1 unspecified atom stereocenters. The summed E-state index contributed by atoms with van der Waals surface area (Å²) in [7, 11) is 0. The fraction of sp³-hybridized carbons (Fsp3) is 0.524. The summed E-state index contributed by atoms with van der Waals surface area (Å²) >= 11 is 0. The van der Waals surface area contributed by atoms with Gasteiger partial charge < -0.3 is 15.0 Å². The van der Waals surface area contributed by atoms with Crippen molar-refractivity contribution in [3.63, 3.8) is 0 Å². The van der Waals surface area contributed by atoms with Crippen LogP contribution < -0.4 is 10.1 Å². The SMILES string of the molecule is O=C1CCc2cn(nn2)CCOc2cccc(c2)C(=O)N2C[C@H]3CC[C@@H](C2)C3N1. The number of fused-ring (bicyclic) bond motifs is 5. The standard InChI is InChI=1S/C21H25N5O3/c27-19-7-6-17-13-26(24-23-17)8-9-29-18-3-1-2-14(10-18)21(28)25-11-15-4-5-16(12-25)20(15)22-19/h1-3,10,13,15-16,20H,4-9,11-12H2,(H,22,27)/t15-,16+,20?. The number of carbonyl (C=O) groups excluding carboxylic acids is 2. The van der Waals surface area contributed by atoms with E-state index in [1.165, 1.54) is 0 Å². The molecule has 8 nitrogen and oxygen atoms in total. The predicted molar refractivity (Wildman–Crippen MR) is 104 cm³/mol. The summed E-state index contributed by atoms with van der Waals surface area (Å²) in [5, 5.41) is 11.5. The molecule has 29 heavy (non-hydrogen) atoms. The molecule has 3 aliphatic heterocycles. The number of hydrogen-bond acceptors (Lipinski definition) is 5. The molecule has 8 bridgehead atoms. The average molecular weight is 395 g/mol. The van der Waals surface area contributed by atoms with E-state index < -0.39 is 0 Å². The summed E-state index contributed by atoms with van der Waals surface area (Å²) in [5.74, 6) is 1.42. The summed E-state index contributed by atoms with van der Waals surface area (Å²) in [6.07, 6.45) is 4.94. The fourth-order valence-corrected chi connectivity index (χ4v) is 4.84. The van der Waals surface area contributed by atoms with E-state index >= 15 is 0 Å². The Kier molecular flexibility index (Phi) is 4.69. The highest BCUT2D eigenvalue weighted by molar-refractivity contribution is 5.94. The number of aromatic nitrogens is 3. The fourth-order valence-electron chi connectivity index (χ4n) is 4.84. The van der Waals surface area contributed by atoms with Crippen LogP contribution in [0.1, 0.15) is 35.3 Å². The molecule has 0 radical (unpaired) electrons. The van der Waals surface area contributed by atoms with Crippen LogP contribution in [0.25, 0.3) is 0 Å². The van der Waals surface area contributed by atoms with Gasteiger partial charge in [0.15, 0.2) is 0 Å². The Morgan fingerprint density at radius 3 is 2.76 bits per heavy atom. The molecule has 1 N–H and O–H groups in total.